The van der Waals surface area contributed by atoms with Gasteiger partial charge in [0.15, 0.2) is 0 Å². The van der Waals surface area contributed by atoms with E-state index in [0.717, 1.165) is 24.0 Å². The summed E-state index contributed by atoms with van der Waals surface area (Å²) in [7, 11) is 0. The number of rotatable bonds is 10. The van der Waals surface area contributed by atoms with Gasteiger partial charge in [-0.15, -0.1) is 0 Å². The Hall–Kier alpha value is -4.70. The highest BCUT2D eigenvalue weighted by Crippen LogP contribution is 2.46. The van der Waals surface area contributed by atoms with Crippen LogP contribution in [0, 0.1) is 11.3 Å². The molecule has 188 valence electrons. The Bertz CT molecular complexity index is 1360. The van der Waals surface area contributed by atoms with Gasteiger partial charge in [-0.1, -0.05) is 50.3 Å². The number of ether oxygens (including phenoxy) is 4. The number of para-hydroxylation sites is 1. The van der Waals surface area contributed by atoms with Gasteiger partial charge in [0.05, 0.1) is 18.1 Å². The molecule has 0 amide bonds. The van der Waals surface area contributed by atoms with Crippen molar-refractivity contribution in [1.82, 2.24) is 0 Å². The first kappa shape index (κ1) is 25.4. The number of hydrogen-bond acceptors (Lipinski definition) is 7. The number of nitrogens with two attached hydrogens (primary N) is 1. The highest BCUT2D eigenvalue weighted by Gasteiger charge is 2.33. The first-order chi connectivity index (χ1) is 18.0. The minimum Gasteiger partial charge on any atom is -0.493 e. The van der Waals surface area contributed by atoms with Crippen molar-refractivity contribution in [1.29, 1.82) is 5.26 Å². The number of esters is 1. The average molecular weight is 497 g/mol. The molecule has 0 radical (unpaired) electrons. The molecule has 3 aromatic rings. The van der Waals surface area contributed by atoms with Crippen LogP contribution in [0.2, 0.25) is 0 Å². The molecule has 1 atom stereocenters. The lowest BCUT2D eigenvalue weighted by molar-refractivity contribution is 0.0734. The van der Waals surface area contributed by atoms with Gasteiger partial charge in [-0.2, -0.15) is 5.26 Å². The molecule has 1 unspecified atom stereocenters. The van der Waals surface area contributed by atoms with Crippen LogP contribution in [0.25, 0.3) is 0 Å². The molecule has 0 spiro atoms. The lowest BCUT2D eigenvalue weighted by Crippen LogP contribution is -2.21. The van der Waals surface area contributed by atoms with Crippen LogP contribution in [0.5, 0.6) is 23.0 Å². The van der Waals surface area contributed by atoms with Gasteiger partial charge in [-0.3, -0.25) is 0 Å². The van der Waals surface area contributed by atoms with E-state index in [4.69, 9.17) is 24.7 Å². The molecule has 0 saturated heterocycles. The quantitative estimate of drug-likeness (QED) is 0.162. The number of carbonyl (C=O) groups is 1. The first-order valence-electron chi connectivity index (χ1n) is 12.0. The van der Waals surface area contributed by atoms with Crippen LogP contribution < -0.4 is 24.7 Å². The number of allylic oxidation sites excluding steroid dienone is 1. The third kappa shape index (κ3) is 5.76. The Kier molecular flexibility index (Phi) is 8.11. The van der Waals surface area contributed by atoms with Gasteiger partial charge in [0, 0.05) is 17.2 Å². The smallest absolute Gasteiger partial charge is 0.343 e. The lowest BCUT2D eigenvalue weighted by atomic mass is 9.83. The monoisotopic (exact) mass is 496 g/mol. The van der Waals surface area contributed by atoms with E-state index in [1.807, 2.05) is 24.3 Å². The summed E-state index contributed by atoms with van der Waals surface area (Å²) in [6, 6.07) is 21.5. The summed E-state index contributed by atoms with van der Waals surface area (Å²) in [6.07, 6.45) is 3.57. The van der Waals surface area contributed by atoms with Gasteiger partial charge < -0.3 is 24.7 Å². The normalized spacial score (nSPS) is 14.1. The predicted octanol–water partition coefficient (Wildman–Crippen LogP) is 5.87. The van der Waals surface area contributed by atoms with Crippen LogP contribution in [-0.4, -0.2) is 19.2 Å². The fraction of sp³-hybridized carbons (Fsp3) is 0.200. The molecule has 0 saturated carbocycles. The summed E-state index contributed by atoms with van der Waals surface area (Å²) in [5, 5.41) is 9.90. The van der Waals surface area contributed by atoms with Crippen molar-refractivity contribution in [3.63, 3.8) is 0 Å². The van der Waals surface area contributed by atoms with Gasteiger partial charge >= 0.3 is 5.97 Å². The third-order valence-electron chi connectivity index (χ3n) is 5.84. The lowest BCUT2D eigenvalue weighted by Gasteiger charge is -2.28. The van der Waals surface area contributed by atoms with E-state index in [0.29, 0.717) is 41.6 Å². The Morgan fingerprint density at radius 3 is 2.57 bits per heavy atom. The third-order valence-corrected chi connectivity index (χ3v) is 5.84. The van der Waals surface area contributed by atoms with Gasteiger partial charge in [0.1, 0.15) is 41.2 Å². The summed E-state index contributed by atoms with van der Waals surface area (Å²) < 4.78 is 22.8. The molecule has 0 aliphatic carbocycles. The Morgan fingerprint density at radius 2 is 1.84 bits per heavy atom. The molecular weight excluding hydrogens is 468 g/mol. The van der Waals surface area contributed by atoms with Crippen molar-refractivity contribution in [2.45, 2.75) is 25.7 Å². The SMILES string of the molecule is C=CCOc1ccc(C(=O)Oc2ccc3c(c2)OC(N)=C(C#N)C3c2ccccc2OCCCC)cc1. The molecule has 7 heteroatoms. The topological polar surface area (TPSA) is 104 Å². The molecule has 4 rings (SSSR count). The summed E-state index contributed by atoms with van der Waals surface area (Å²) in [5.74, 6) is 0.989. The van der Waals surface area contributed by atoms with Crippen LogP contribution in [0.1, 0.15) is 47.2 Å². The highest BCUT2D eigenvalue weighted by atomic mass is 16.5. The van der Waals surface area contributed by atoms with E-state index < -0.39 is 11.9 Å². The minimum absolute atomic E-state index is 0.00181. The maximum absolute atomic E-state index is 12.7. The largest absolute Gasteiger partial charge is 0.493 e. The maximum Gasteiger partial charge on any atom is 0.343 e. The summed E-state index contributed by atoms with van der Waals surface area (Å²) in [6.45, 7) is 6.65. The number of carbonyl (C=O) groups excluding carboxylic acids is 1. The number of hydrogen-bond donors (Lipinski definition) is 1. The zero-order chi connectivity index (χ0) is 26.2. The van der Waals surface area contributed by atoms with E-state index in [1.54, 1.807) is 48.5 Å². The molecule has 0 aromatic heterocycles. The second kappa shape index (κ2) is 11.8. The highest BCUT2D eigenvalue weighted by molar-refractivity contribution is 5.91. The van der Waals surface area contributed by atoms with E-state index in [1.165, 1.54) is 0 Å². The van der Waals surface area contributed by atoms with E-state index in [9.17, 15) is 10.1 Å². The van der Waals surface area contributed by atoms with Crippen molar-refractivity contribution in [2.24, 2.45) is 5.73 Å². The average Bonchev–Trinajstić information content (AvgIpc) is 2.92. The van der Waals surface area contributed by atoms with Crippen molar-refractivity contribution < 1.29 is 23.7 Å². The summed E-state index contributed by atoms with van der Waals surface area (Å²) >= 11 is 0. The summed E-state index contributed by atoms with van der Waals surface area (Å²) in [5.41, 5.74) is 8.36. The van der Waals surface area contributed by atoms with E-state index in [-0.39, 0.29) is 11.6 Å². The van der Waals surface area contributed by atoms with Crippen molar-refractivity contribution in [3.8, 4) is 29.1 Å². The summed E-state index contributed by atoms with van der Waals surface area (Å²) in [4.78, 5) is 12.7. The Labute approximate surface area is 216 Å². The maximum atomic E-state index is 12.7. The number of unbranched alkanes of at least 4 members (excludes halogenated alkanes) is 1. The van der Waals surface area contributed by atoms with Crippen LogP contribution in [0.3, 0.4) is 0 Å². The van der Waals surface area contributed by atoms with Crippen molar-refractivity contribution in [2.75, 3.05) is 13.2 Å². The second-order valence-corrected chi connectivity index (χ2v) is 8.38. The van der Waals surface area contributed by atoms with Gasteiger partial charge in [-0.25, -0.2) is 4.79 Å². The van der Waals surface area contributed by atoms with Gasteiger partial charge in [0.2, 0.25) is 5.88 Å². The molecule has 3 aromatic carbocycles. The molecule has 0 fully saturated rings. The number of benzene rings is 3. The second-order valence-electron chi connectivity index (χ2n) is 8.38. The number of nitrogens with zero attached hydrogens (tertiary/aromatic N) is 1. The van der Waals surface area contributed by atoms with E-state index >= 15 is 0 Å². The predicted molar refractivity (Wildman–Crippen MR) is 140 cm³/mol. The van der Waals surface area contributed by atoms with Gasteiger partial charge in [-0.05, 0) is 42.8 Å². The number of fused-ring (bicyclic) bond motifs is 1. The Balaban J connectivity index is 1.61. The van der Waals surface area contributed by atoms with Crippen LogP contribution >= 0.6 is 0 Å². The molecule has 1 heterocycles. The van der Waals surface area contributed by atoms with Crippen LogP contribution in [-0.2, 0) is 0 Å². The standard InChI is InChI=1S/C30H28N2O5/c1-3-5-17-35-26-9-7-6-8-23(26)28-24-15-14-22(18-27(24)37-29(32)25(28)19-31)36-30(33)20-10-12-21(13-11-20)34-16-4-2/h4,6-15,18,28H,2-3,5,16-17,32H2,1H3. The van der Waals surface area contributed by atoms with Crippen LogP contribution in [0.15, 0.2) is 90.8 Å². The minimum atomic E-state index is -0.529. The molecule has 1 aliphatic heterocycles. The van der Waals surface area contributed by atoms with Gasteiger partial charge in [0.25, 0.3) is 0 Å². The van der Waals surface area contributed by atoms with Crippen molar-refractivity contribution >= 4 is 5.97 Å². The zero-order valence-electron chi connectivity index (χ0n) is 20.6. The fourth-order valence-electron chi connectivity index (χ4n) is 4.00. The zero-order valence-corrected chi connectivity index (χ0v) is 20.6. The molecule has 7 nitrogen and oxygen atoms in total. The first-order valence-corrected chi connectivity index (χ1v) is 12.0. The molecule has 0 bridgehead atoms. The molecule has 37 heavy (non-hydrogen) atoms. The van der Waals surface area contributed by atoms with E-state index in [2.05, 4.69) is 19.6 Å². The fourth-order valence-corrected chi connectivity index (χ4v) is 4.00. The number of nitriles is 1. The molecule has 2 N–H and O–H groups in total. The van der Waals surface area contributed by atoms with Crippen LogP contribution in [0.4, 0.5) is 0 Å². The molecular formula is C30H28N2O5. The van der Waals surface area contributed by atoms with Crippen molar-refractivity contribution in [3.05, 3.63) is 108 Å². The molecule has 1 aliphatic rings. The Morgan fingerprint density at radius 1 is 1.08 bits per heavy atom.